The molecule has 2 amide bonds. The molecular formula is C16H21N3O2. The first-order valence-electron chi connectivity index (χ1n) is 7.11. The van der Waals surface area contributed by atoms with Crippen molar-refractivity contribution in [1.29, 1.82) is 0 Å². The van der Waals surface area contributed by atoms with E-state index in [1.54, 1.807) is 36.4 Å². The molecule has 5 nitrogen and oxygen atoms in total. The van der Waals surface area contributed by atoms with Crippen LogP contribution in [0.3, 0.4) is 0 Å². The van der Waals surface area contributed by atoms with Crippen LogP contribution in [0.2, 0.25) is 0 Å². The van der Waals surface area contributed by atoms with Gasteiger partial charge in [0.25, 0.3) is 0 Å². The lowest BCUT2D eigenvalue weighted by molar-refractivity contribution is -0.129. The molecule has 4 N–H and O–H groups in total. The van der Waals surface area contributed by atoms with E-state index in [-0.39, 0.29) is 18.0 Å². The van der Waals surface area contributed by atoms with E-state index in [1.807, 2.05) is 11.8 Å². The van der Waals surface area contributed by atoms with E-state index < -0.39 is 5.91 Å². The molecule has 1 saturated heterocycles. The van der Waals surface area contributed by atoms with Crippen LogP contribution < -0.4 is 11.5 Å². The summed E-state index contributed by atoms with van der Waals surface area (Å²) in [5.41, 5.74) is 12.4. The number of carbonyl (C=O) groups is 2. The minimum atomic E-state index is -0.458. The van der Waals surface area contributed by atoms with Crippen molar-refractivity contribution in [2.24, 2.45) is 11.5 Å². The summed E-state index contributed by atoms with van der Waals surface area (Å²) in [6.07, 6.45) is 4.99. The molecule has 0 saturated carbocycles. The summed E-state index contributed by atoms with van der Waals surface area (Å²) in [7, 11) is 0. The monoisotopic (exact) mass is 287 g/mol. The average molecular weight is 287 g/mol. The van der Waals surface area contributed by atoms with Crippen molar-refractivity contribution in [2.75, 3.05) is 6.54 Å². The first-order chi connectivity index (χ1) is 9.97. The lowest BCUT2D eigenvalue weighted by Crippen LogP contribution is -2.47. The van der Waals surface area contributed by atoms with Crippen LogP contribution in [0.4, 0.5) is 0 Å². The van der Waals surface area contributed by atoms with Crippen LogP contribution in [0.5, 0.6) is 0 Å². The van der Waals surface area contributed by atoms with E-state index >= 15 is 0 Å². The van der Waals surface area contributed by atoms with Gasteiger partial charge in [-0.25, -0.2) is 0 Å². The van der Waals surface area contributed by atoms with Gasteiger partial charge in [0.15, 0.2) is 0 Å². The van der Waals surface area contributed by atoms with Gasteiger partial charge in [-0.3, -0.25) is 9.59 Å². The van der Waals surface area contributed by atoms with Crippen molar-refractivity contribution in [3.63, 3.8) is 0 Å². The Morgan fingerprint density at radius 3 is 2.52 bits per heavy atom. The zero-order valence-electron chi connectivity index (χ0n) is 12.2. The summed E-state index contributed by atoms with van der Waals surface area (Å²) in [6.45, 7) is 2.72. The smallest absolute Gasteiger partial charge is 0.248 e. The van der Waals surface area contributed by atoms with E-state index in [2.05, 4.69) is 0 Å². The molecule has 0 aromatic heterocycles. The quantitative estimate of drug-likeness (QED) is 0.817. The van der Waals surface area contributed by atoms with Gasteiger partial charge in [-0.15, -0.1) is 0 Å². The maximum atomic E-state index is 12.2. The summed E-state index contributed by atoms with van der Waals surface area (Å²) < 4.78 is 0. The normalized spacial score (nSPS) is 22.5. The van der Waals surface area contributed by atoms with Gasteiger partial charge in [0, 0.05) is 30.3 Å². The molecule has 1 aliphatic rings. The van der Waals surface area contributed by atoms with Gasteiger partial charge in [-0.2, -0.15) is 0 Å². The van der Waals surface area contributed by atoms with E-state index in [0.717, 1.165) is 18.4 Å². The van der Waals surface area contributed by atoms with Crippen LogP contribution in [0.25, 0.3) is 6.08 Å². The van der Waals surface area contributed by atoms with Gasteiger partial charge in [0.2, 0.25) is 11.8 Å². The molecule has 112 valence electrons. The van der Waals surface area contributed by atoms with E-state index in [1.165, 1.54) is 0 Å². The van der Waals surface area contributed by atoms with Crippen LogP contribution in [0.1, 0.15) is 35.7 Å². The molecule has 2 atom stereocenters. The lowest BCUT2D eigenvalue weighted by Gasteiger charge is -2.35. The molecule has 0 bridgehead atoms. The highest BCUT2D eigenvalue weighted by Crippen LogP contribution is 2.16. The number of nitrogens with zero attached hydrogens (tertiary/aromatic N) is 1. The van der Waals surface area contributed by atoms with Crippen molar-refractivity contribution < 1.29 is 9.59 Å². The van der Waals surface area contributed by atoms with E-state index in [0.29, 0.717) is 12.1 Å². The largest absolute Gasteiger partial charge is 0.366 e. The molecule has 1 aromatic carbocycles. The molecule has 2 rings (SSSR count). The fourth-order valence-corrected chi connectivity index (χ4v) is 2.56. The summed E-state index contributed by atoms with van der Waals surface area (Å²) >= 11 is 0. The highest BCUT2D eigenvalue weighted by atomic mass is 16.2. The predicted molar refractivity (Wildman–Crippen MR) is 82.4 cm³/mol. The number of amides is 2. The zero-order valence-corrected chi connectivity index (χ0v) is 12.2. The molecule has 0 aliphatic carbocycles. The number of primary amides is 1. The third-order valence-electron chi connectivity index (χ3n) is 3.81. The topological polar surface area (TPSA) is 89.4 Å². The van der Waals surface area contributed by atoms with Crippen LogP contribution in [0.15, 0.2) is 30.3 Å². The van der Waals surface area contributed by atoms with Crippen molar-refractivity contribution >= 4 is 17.9 Å². The Hall–Kier alpha value is -2.14. The Bertz CT molecular complexity index is 551. The van der Waals surface area contributed by atoms with Gasteiger partial charge in [-0.1, -0.05) is 12.1 Å². The summed E-state index contributed by atoms with van der Waals surface area (Å²) in [4.78, 5) is 25.0. The number of likely N-dealkylation sites (tertiary alicyclic amines) is 1. The summed E-state index contributed by atoms with van der Waals surface area (Å²) in [5.74, 6) is -0.464. The Morgan fingerprint density at radius 2 is 1.95 bits per heavy atom. The minimum Gasteiger partial charge on any atom is -0.366 e. The van der Waals surface area contributed by atoms with Crippen molar-refractivity contribution in [3.05, 3.63) is 41.5 Å². The Balaban J connectivity index is 2.00. The standard InChI is InChI=1S/C16H21N3O2/c1-11-10-14(17)8-9-19(11)15(20)7-4-12-2-5-13(6-3-12)16(18)21/h2-7,11,14H,8-10,17H2,1H3,(H2,18,21). The third-order valence-corrected chi connectivity index (χ3v) is 3.81. The Kier molecular flexibility index (Phi) is 4.75. The molecule has 2 unspecified atom stereocenters. The molecule has 0 spiro atoms. The maximum absolute atomic E-state index is 12.2. The zero-order chi connectivity index (χ0) is 15.4. The van der Waals surface area contributed by atoms with Gasteiger partial charge >= 0.3 is 0 Å². The Labute approximate surface area is 124 Å². The van der Waals surface area contributed by atoms with Gasteiger partial charge in [0.1, 0.15) is 0 Å². The van der Waals surface area contributed by atoms with Gasteiger partial charge < -0.3 is 16.4 Å². The first kappa shape index (κ1) is 15.3. The predicted octanol–water partition coefficient (Wildman–Crippen LogP) is 1.14. The number of carbonyl (C=O) groups excluding carboxylic acids is 2. The second-order valence-corrected chi connectivity index (χ2v) is 5.48. The van der Waals surface area contributed by atoms with Crippen molar-refractivity contribution in [3.8, 4) is 0 Å². The summed E-state index contributed by atoms with van der Waals surface area (Å²) in [5, 5.41) is 0. The van der Waals surface area contributed by atoms with E-state index in [9.17, 15) is 9.59 Å². The lowest BCUT2D eigenvalue weighted by atomic mass is 9.99. The van der Waals surface area contributed by atoms with Crippen LogP contribution >= 0.6 is 0 Å². The molecule has 1 aromatic rings. The SMILES string of the molecule is CC1CC(N)CCN1C(=O)C=Cc1ccc(C(N)=O)cc1. The third kappa shape index (κ3) is 3.92. The van der Waals surface area contributed by atoms with Crippen molar-refractivity contribution in [2.45, 2.75) is 31.8 Å². The number of piperidine rings is 1. The fraction of sp³-hybridized carbons (Fsp3) is 0.375. The second kappa shape index (κ2) is 6.54. The van der Waals surface area contributed by atoms with Gasteiger partial charge in [-0.05, 0) is 43.5 Å². The maximum Gasteiger partial charge on any atom is 0.248 e. The number of rotatable bonds is 3. The molecule has 21 heavy (non-hydrogen) atoms. The molecule has 1 fully saturated rings. The number of benzene rings is 1. The van der Waals surface area contributed by atoms with Crippen molar-refractivity contribution in [1.82, 2.24) is 4.90 Å². The molecule has 0 radical (unpaired) electrons. The van der Waals surface area contributed by atoms with Crippen LogP contribution in [0, 0.1) is 0 Å². The first-order valence-corrected chi connectivity index (χ1v) is 7.11. The Morgan fingerprint density at radius 1 is 1.29 bits per heavy atom. The van der Waals surface area contributed by atoms with E-state index in [4.69, 9.17) is 11.5 Å². The van der Waals surface area contributed by atoms with Gasteiger partial charge in [0.05, 0.1) is 0 Å². The minimum absolute atomic E-state index is 0.00613. The fourth-order valence-electron chi connectivity index (χ4n) is 2.56. The second-order valence-electron chi connectivity index (χ2n) is 5.48. The number of nitrogens with two attached hydrogens (primary N) is 2. The molecule has 1 aliphatic heterocycles. The van der Waals surface area contributed by atoms with Crippen LogP contribution in [-0.4, -0.2) is 35.3 Å². The highest BCUT2D eigenvalue weighted by molar-refractivity contribution is 5.94. The summed E-state index contributed by atoms with van der Waals surface area (Å²) in [6, 6.07) is 7.18. The molecule has 5 heteroatoms. The molecular weight excluding hydrogens is 266 g/mol. The molecule has 1 heterocycles. The highest BCUT2D eigenvalue weighted by Gasteiger charge is 2.25. The number of hydrogen-bond acceptors (Lipinski definition) is 3. The van der Waals surface area contributed by atoms with Crippen LogP contribution in [-0.2, 0) is 4.79 Å². The number of hydrogen-bond donors (Lipinski definition) is 2. The average Bonchev–Trinajstić information content (AvgIpc) is 2.45.